The lowest BCUT2D eigenvalue weighted by molar-refractivity contribution is -0.138. The van der Waals surface area contributed by atoms with E-state index in [0.717, 1.165) is 0 Å². The molecule has 240 valence electrons. The van der Waals surface area contributed by atoms with Crippen molar-refractivity contribution in [3.8, 4) is 0 Å². The van der Waals surface area contributed by atoms with Crippen molar-refractivity contribution in [2.75, 3.05) is 0 Å². The number of amides is 6. The average Bonchev–Trinajstić information content (AvgIpc) is 2.86. The fraction of sp³-hybridized carbons (Fsp3) is 0.800. The summed E-state index contributed by atoms with van der Waals surface area (Å²) in [5.74, 6) is -5.40. The summed E-state index contributed by atoms with van der Waals surface area (Å²) in [6.45, 7) is 21.1. The molecule has 1 heterocycles. The summed E-state index contributed by atoms with van der Waals surface area (Å²) in [7, 11) is 0. The van der Waals surface area contributed by atoms with Gasteiger partial charge >= 0.3 is 0 Å². The zero-order valence-corrected chi connectivity index (χ0v) is 27.4. The molecule has 6 unspecified atom stereocenters. The maximum absolute atomic E-state index is 13.5. The molecule has 1 aliphatic rings. The van der Waals surface area contributed by atoms with Crippen LogP contribution in [-0.4, -0.2) is 71.7 Å². The molecule has 0 aliphatic carbocycles. The molecule has 6 amide bonds. The summed E-state index contributed by atoms with van der Waals surface area (Å²) in [6.07, 6.45) is 0. The van der Waals surface area contributed by atoms with E-state index in [4.69, 9.17) is 0 Å². The van der Waals surface area contributed by atoms with E-state index < -0.39 is 71.7 Å². The van der Waals surface area contributed by atoms with Crippen molar-refractivity contribution in [2.24, 2.45) is 35.5 Å². The van der Waals surface area contributed by atoms with Crippen molar-refractivity contribution in [3.63, 3.8) is 0 Å². The highest BCUT2D eigenvalue weighted by Gasteiger charge is 2.38. The minimum atomic E-state index is -1.000. The summed E-state index contributed by atoms with van der Waals surface area (Å²) in [5, 5.41) is 16.5. The molecule has 42 heavy (non-hydrogen) atoms. The number of hydrogen-bond donors (Lipinski definition) is 6. The average molecular weight is 595 g/mol. The van der Waals surface area contributed by atoms with Gasteiger partial charge in [-0.25, -0.2) is 0 Å². The zero-order valence-electron chi connectivity index (χ0n) is 27.4. The van der Waals surface area contributed by atoms with Crippen LogP contribution in [0.25, 0.3) is 0 Å². The highest BCUT2D eigenvalue weighted by atomic mass is 16.2. The molecule has 0 radical (unpaired) electrons. The zero-order chi connectivity index (χ0) is 32.6. The Labute approximate surface area is 251 Å². The van der Waals surface area contributed by atoms with Crippen LogP contribution in [0, 0.1) is 35.5 Å². The smallest absolute Gasteiger partial charge is 0.243 e. The predicted octanol–water partition coefficient (Wildman–Crippen LogP) is 0.845. The third-order valence-corrected chi connectivity index (χ3v) is 7.48. The van der Waals surface area contributed by atoms with Gasteiger partial charge in [0.2, 0.25) is 35.4 Å². The van der Waals surface area contributed by atoms with Crippen molar-refractivity contribution in [2.45, 2.75) is 119 Å². The lowest BCUT2D eigenvalue weighted by atomic mass is 9.95. The maximum atomic E-state index is 13.5. The Bertz CT molecular complexity index is 791. The first-order valence-corrected chi connectivity index (χ1v) is 15.1. The van der Waals surface area contributed by atoms with Gasteiger partial charge in [-0.2, -0.15) is 0 Å². The maximum Gasteiger partial charge on any atom is 0.243 e. The number of rotatable bonds is 6. The molecule has 6 N–H and O–H groups in total. The summed E-state index contributed by atoms with van der Waals surface area (Å²) >= 11 is 0. The number of carbonyl (C=O) groups is 6. The van der Waals surface area contributed by atoms with E-state index in [2.05, 4.69) is 31.9 Å². The van der Waals surface area contributed by atoms with Crippen molar-refractivity contribution in [3.05, 3.63) is 0 Å². The third kappa shape index (κ3) is 9.97. The molecule has 0 saturated carbocycles. The molecule has 6 atom stereocenters. The van der Waals surface area contributed by atoms with Crippen molar-refractivity contribution in [1.29, 1.82) is 0 Å². The lowest BCUT2D eigenvalue weighted by Crippen LogP contribution is -2.64. The number of nitrogens with one attached hydrogen (secondary N) is 6. The van der Waals surface area contributed by atoms with Crippen molar-refractivity contribution < 1.29 is 28.8 Å². The predicted molar refractivity (Wildman–Crippen MR) is 161 cm³/mol. The van der Waals surface area contributed by atoms with Gasteiger partial charge in [-0.1, -0.05) is 83.1 Å². The quantitative estimate of drug-likeness (QED) is 0.266. The SMILES string of the molecule is CC(C)C1NC(=O)C(C(C)C)NC(=O)C(C(C)C)NC(=O)C(C(C)C)NC(=O)C(C(C)C)NC(=O)C(C(C)C)NC1=O. The molecule has 0 aromatic rings. The summed E-state index contributed by atoms with van der Waals surface area (Å²) in [5.41, 5.74) is 0. The Morgan fingerprint density at radius 2 is 0.381 bits per heavy atom. The van der Waals surface area contributed by atoms with Crippen molar-refractivity contribution >= 4 is 35.4 Å². The van der Waals surface area contributed by atoms with Gasteiger partial charge in [-0.3, -0.25) is 28.8 Å². The summed E-state index contributed by atoms with van der Waals surface area (Å²) in [4.78, 5) is 80.7. The largest absolute Gasteiger partial charge is 0.342 e. The van der Waals surface area contributed by atoms with Crippen molar-refractivity contribution in [1.82, 2.24) is 31.9 Å². The number of carbonyl (C=O) groups excluding carboxylic acids is 6. The van der Waals surface area contributed by atoms with Gasteiger partial charge in [-0.05, 0) is 35.5 Å². The Morgan fingerprint density at radius 1 is 0.286 bits per heavy atom. The molecular weight excluding hydrogens is 540 g/mol. The molecule has 0 spiro atoms. The van der Waals surface area contributed by atoms with E-state index in [1.165, 1.54) is 0 Å². The Morgan fingerprint density at radius 3 is 0.452 bits per heavy atom. The minimum absolute atomic E-state index is 0.344. The summed E-state index contributed by atoms with van der Waals surface area (Å²) in [6, 6.07) is -6.00. The van der Waals surface area contributed by atoms with E-state index in [9.17, 15) is 28.8 Å². The highest BCUT2D eigenvalue weighted by Crippen LogP contribution is 2.13. The third-order valence-electron chi connectivity index (χ3n) is 7.48. The first-order chi connectivity index (χ1) is 19.3. The van der Waals surface area contributed by atoms with Crippen LogP contribution < -0.4 is 31.9 Å². The molecule has 12 heteroatoms. The van der Waals surface area contributed by atoms with Crippen LogP contribution in [0.2, 0.25) is 0 Å². The topological polar surface area (TPSA) is 175 Å². The number of hydrogen-bond acceptors (Lipinski definition) is 6. The van der Waals surface area contributed by atoms with Crippen LogP contribution in [-0.2, 0) is 28.8 Å². The van der Waals surface area contributed by atoms with Crippen LogP contribution in [0.15, 0.2) is 0 Å². The fourth-order valence-electron chi connectivity index (χ4n) is 4.67. The summed E-state index contributed by atoms with van der Waals surface area (Å²) < 4.78 is 0. The second kappa shape index (κ2) is 15.9. The molecule has 0 aromatic carbocycles. The van der Waals surface area contributed by atoms with E-state index in [0.29, 0.717) is 0 Å². The van der Waals surface area contributed by atoms with Gasteiger partial charge in [0.05, 0.1) is 0 Å². The fourth-order valence-corrected chi connectivity index (χ4v) is 4.67. The Hall–Kier alpha value is -3.18. The second-order valence-corrected chi connectivity index (χ2v) is 13.4. The van der Waals surface area contributed by atoms with Crippen LogP contribution >= 0.6 is 0 Å². The highest BCUT2D eigenvalue weighted by molar-refractivity contribution is 5.98. The molecule has 1 saturated heterocycles. The van der Waals surface area contributed by atoms with Crippen LogP contribution in [0.4, 0.5) is 0 Å². The van der Waals surface area contributed by atoms with E-state index >= 15 is 0 Å². The Kier molecular flexibility index (Phi) is 13.9. The molecule has 1 rings (SSSR count). The van der Waals surface area contributed by atoms with Crippen LogP contribution in [0.3, 0.4) is 0 Å². The van der Waals surface area contributed by atoms with Gasteiger partial charge in [-0.15, -0.1) is 0 Å². The van der Waals surface area contributed by atoms with Gasteiger partial charge in [0.1, 0.15) is 36.3 Å². The Balaban J connectivity index is 3.68. The second-order valence-electron chi connectivity index (χ2n) is 13.4. The van der Waals surface area contributed by atoms with E-state index in [-0.39, 0.29) is 35.5 Å². The molecule has 1 fully saturated rings. The van der Waals surface area contributed by atoms with Crippen LogP contribution in [0.1, 0.15) is 83.1 Å². The molecule has 0 bridgehead atoms. The molecular formula is C30H54N6O6. The molecule has 1 aliphatic heterocycles. The standard InChI is InChI=1S/C30H54N6O6/c1-13(2)19-25(37)32-21(15(5)6)27(39)34-23(17(9)10)29(41)36-24(18(11)12)30(42)35-22(16(7)8)28(40)33-20(14(3)4)26(38)31-19/h13-24H,1-12H3,(H,31,38)(H,32,37)(H,33,40)(H,34,39)(H,35,42)(H,36,41). The lowest BCUT2D eigenvalue weighted by Gasteiger charge is -2.33. The van der Waals surface area contributed by atoms with E-state index in [1.54, 1.807) is 83.1 Å². The van der Waals surface area contributed by atoms with Gasteiger partial charge in [0.25, 0.3) is 0 Å². The molecule has 12 nitrogen and oxygen atoms in total. The van der Waals surface area contributed by atoms with E-state index in [1.807, 2.05) is 0 Å². The van der Waals surface area contributed by atoms with Crippen LogP contribution in [0.5, 0.6) is 0 Å². The minimum Gasteiger partial charge on any atom is -0.342 e. The van der Waals surface area contributed by atoms with Gasteiger partial charge < -0.3 is 31.9 Å². The first-order valence-electron chi connectivity index (χ1n) is 15.1. The van der Waals surface area contributed by atoms with Gasteiger partial charge in [0, 0.05) is 0 Å². The normalized spacial score (nSPS) is 27.9. The molecule has 0 aromatic heterocycles. The van der Waals surface area contributed by atoms with Gasteiger partial charge in [0.15, 0.2) is 0 Å². The first kappa shape index (κ1) is 36.8. The monoisotopic (exact) mass is 594 g/mol.